The number of hydrogen-bond acceptors (Lipinski definition) is 3. The van der Waals surface area contributed by atoms with Gasteiger partial charge >= 0.3 is 0 Å². The second-order valence-corrected chi connectivity index (χ2v) is 36.3. The molecule has 1 fully saturated rings. The molecule has 4 heteroatoms. The molecule has 0 N–H and O–H groups in total. The van der Waals surface area contributed by atoms with Gasteiger partial charge in [-0.25, -0.2) is 0 Å². The molecular weight excluding hydrogens is 1100 g/mol. The monoisotopic (exact) mass is 1200 g/mol. The fourth-order valence-corrected chi connectivity index (χ4v) is 20.0. The first kappa shape index (κ1) is 60.5. The van der Waals surface area contributed by atoms with Gasteiger partial charge in [-0.2, -0.15) is 0 Å². The Kier molecular flexibility index (Phi) is 12.8. The van der Waals surface area contributed by atoms with Gasteiger partial charge in [0.1, 0.15) is 0 Å². The van der Waals surface area contributed by atoms with Crippen LogP contribution in [0.4, 0.5) is 45.5 Å². The quantitative estimate of drug-likeness (QED) is 0.159. The first-order valence-corrected chi connectivity index (χ1v) is 35.0. The molecule has 0 radical (unpaired) electrons. The van der Waals surface area contributed by atoms with Gasteiger partial charge in [-0.3, -0.25) is 0 Å². The van der Waals surface area contributed by atoms with Gasteiger partial charge in [-0.15, -0.1) is 0 Å². The molecule has 8 aromatic rings. The van der Waals surface area contributed by atoms with Crippen molar-refractivity contribution in [3.05, 3.63) is 195 Å². The molecule has 2 unspecified atom stereocenters. The molecule has 0 aromatic heterocycles. The lowest BCUT2D eigenvalue weighted by atomic mass is 9.33. The van der Waals surface area contributed by atoms with Crippen molar-refractivity contribution in [1.29, 1.82) is 0 Å². The highest BCUT2D eigenvalue weighted by atomic mass is 15.3. The van der Waals surface area contributed by atoms with Gasteiger partial charge in [0.15, 0.2) is 0 Å². The number of aryl methyl sites for hydroxylation is 1. The van der Waals surface area contributed by atoms with Crippen molar-refractivity contribution in [3.8, 4) is 22.3 Å². The number of hydrogen-bond donors (Lipinski definition) is 0. The first-order chi connectivity index (χ1) is 42.5. The zero-order chi connectivity index (χ0) is 64.7. The van der Waals surface area contributed by atoms with Crippen LogP contribution in [-0.2, 0) is 48.7 Å². The second kappa shape index (κ2) is 19.2. The topological polar surface area (TPSA) is 9.72 Å². The van der Waals surface area contributed by atoms with Crippen molar-refractivity contribution in [2.24, 2.45) is 0 Å². The van der Waals surface area contributed by atoms with E-state index in [-0.39, 0.29) is 61.0 Å². The number of nitrogens with zero attached hydrogens (tertiary/aromatic N) is 3. The third-order valence-electron chi connectivity index (χ3n) is 25.1. The summed E-state index contributed by atoms with van der Waals surface area (Å²) in [4.78, 5) is 8.55. The Morgan fingerprint density at radius 2 is 0.824 bits per heavy atom. The molecule has 3 heterocycles. The molecule has 2 atom stereocenters. The maximum Gasteiger partial charge on any atom is 0.252 e. The van der Waals surface area contributed by atoms with Crippen LogP contribution in [0.1, 0.15) is 245 Å². The maximum absolute atomic E-state index is 2.90. The van der Waals surface area contributed by atoms with E-state index in [9.17, 15) is 0 Å². The molecule has 0 bridgehead atoms. The number of benzene rings is 8. The molecule has 8 aromatic carbocycles. The highest BCUT2D eigenvalue weighted by molar-refractivity contribution is 7.00. The molecule has 0 amide bonds. The van der Waals surface area contributed by atoms with Gasteiger partial charge in [0, 0.05) is 50.8 Å². The van der Waals surface area contributed by atoms with Crippen LogP contribution in [0.15, 0.2) is 140 Å². The van der Waals surface area contributed by atoms with Crippen LogP contribution in [0.3, 0.4) is 0 Å². The van der Waals surface area contributed by atoms with E-state index >= 15 is 0 Å². The van der Waals surface area contributed by atoms with Gasteiger partial charge in [0.2, 0.25) is 0 Å². The minimum absolute atomic E-state index is 0.00218. The average Bonchev–Trinajstić information content (AvgIpc) is 1.65. The summed E-state index contributed by atoms with van der Waals surface area (Å²) in [5.41, 5.74) is 34.1. The SMILES string of the molecule is Cc1cc2c(cc1N1c3cc4c(cc3B3c5cc6c(cc5N(c5ccc(C(C)(C)C)cc5-c5ccccc5)c5cc(N7c8ccc(-c9ccc(C(C)(C)C)cc9)cc8C8(C)CCCCC78C)cc1c53)C(C)(C)CCC6(C)C)C(C)(C)CC4(C)C)C(C)(C)CC2(C)C. The van der Waals surface area contributed by atoms with Crippen molar-refractivity contribution < 1.29 is 0 Å². The maximum atomic E-state index is 2.90. The predicted molar refractivity (Wildman–Crippen MR) is 393 cm³/mol. The lowest BCUT2D eigenvalue weighted by molar-refractivity contribution is 0.195. The number of anilines is 8. The van der Waals surface area contributed by atoms with Crippen LogP contribution in [0.2, 0.25) is 0 Å². The van der Waals surface area contributed by atoms with Gasteiger partial charge in [0.25, 0.3) is 6.71 Å². The summed E-state index contributed by atoms with van der Waals surface area (Å²) in [6.45, 7) is 52.0. The third kappa shape index (κ3) is 8.77. The Bertz CT molecular complexity index is 4380. The van der Waals surface area contributed by atoms with E-state index in [0.717, 1.165) is 38.5 Å². The van der Waals surface area contributed by atoms with Crippen molar-refractivity contribution in [1.82, 2.24) is 0 Å². The summed E-state index contributed by atoms with van der Waals surface area (Å²) in [5.74, 6) is 0. The zero-order valence-corrected chi connectivity index (χ0v) is 59.4. The molecule has 0 saturated heterocycles. The highest BCUT2D eigenvalue weighted by Gasteiger charge is 2.59. The molecule has 1 saturated carbocycles. The van der Waals surface area contributed by atoms with Crippen LogP contribution in [0, 0.1) is 6.92 Å². The Balaban J connectivity index is 1.10. The van der Waals surface area contributed by atoms with Crippen LogP contribution < -0.4 is 31.1 Å². The lowest BCUT2D eigenvalue weighted by Crippen LogP contribution is -2.62. The first-order valence-electron chi connectivity index (χ1n) is 35.0. The molecular formula is C87H102BN3. The van der Waals surface area contributed by atoms with Gasteiger partial charge < -0.3 is 14.7 Å². The van der Waals surface area contributed by atoms with Crippen molar-refractivity contribution >= 4 is 68.6 Å². The lowest BCUT2D eigenvalue weighted by Gasteiger charge is -2.51. The normalized spacial score (nSPS) is 23.0. The molecule has 0 spiro atoms. The van der Waals surface area contributed by atoms with E-state index in [4.69, 9.17) is 0 Å². The van der Waals surface area contributed by atoms with Gasteiger partial charge in [-0.1, -0.05) is 229 Å². The van der Waals surface area contributed by atoms with Crippen molar-refractivity contribution in [3.63, 3.8) is 0 Å². The summed E-state index contributed by atoms with van der Waals surface area (Å²) >= 11 is 0. The van der Waals surface area contributed by atoms with E-state index < -0.39 is 0 Å². The second-order valence-electron chi connectivity index (χ2n) is 36.3. The molecule has 91 heavy (non-hydrogen) atoms. The summed E-state index contributed by atoms with van der Waals surface area (Å²) in [7, 11) is 0. The van der Waals surface area contributed by atoms with Gasteiger partial charge in [-0.05, 0) is 239 Å². The number of rotatable bonds is 5. The molecule has 3 aliphatic heterocycles. The van der Waals surface area contributed by atoms with Crippen molar-refractivity contribution in [2.45, 2.75) is 251 Å². The minimum atomic E-state index is -0.217. The molecule has 468 valence electrons. The van der Waals surface area contributed by atoms with E-state index in [1.54, 1.807) is 0 Å². The summed E-state index contributed by atoms with van der Waals surface area (Å²) in [6.07, 6.45) is 9.21. The zero-order valence-electron chi connectivity index (χ0n) is 59.4. The number of fused-ring (bicyclic) bond motifs is 10. The van der Waals surface area contributed by atoms with E-state index in [1.807, 2.05) is 0 Å². The van der Waals surface area contributed by atoms with E-state index in [0.29, 0.717) is 0 Å². The van der Waals surface area contributed by atoms with E-state index in [2.05, 4.69) is 300 Å². The van der Waals surface area contributed by atoms with Crippen LogP contribution >= 0.6 is 0 Å². The smallest absolute Gasteiger partial charge is 0.252 e. The third-order valence-corrected chi connectivity index (χ3v) is 25.1. The Hall–Kier alpha value is -6.78. The van der Waals surface area contributed by atoms with E-state index in [1.165, 1.54) is 153 Å². The van der Waals surface area contributed by atoms with Crippen LogP contribution in [0.25, 0.3) is 22.3 Å². The molecule has 4 aliphatic carbocycles. The fourth-order valence-electron chi connectivity index (χ4n) is 20.0. The standard InChI is InChI=1S/C87H102BN3/c1-53-41-61-65(84(16,17)51-82(61,12)13)48-72(53)90-74-50-66-63(83(14,15)52-85(66,18)19)47-69(74)88-68-46-62-64(81(10,11)40-39-80(62,8)9)49-73(68)89(70-36-34-58(79(5,6)7)43-60(70)55-27-23-22-24-28-55)75-44-59(45-76(90)77(75)88)91-71-35-31-56(54-29-32-57(33-30-54)78(2,3)4)42-67(71)86(20)37-25-26-38-87(86,91)21/h22-24,27-36,41-50H,25-26,37-40,51-52H2,1-21H3. The van der Waals surface area contributed by atoms with Gasteiger partial charge in [0.05, 0.1) is 11.2 Å². The fraction of sp³-hybridized carbons (Fsp3) is 0.448. The molecule has 15 rings (SSSR count). The summed E-state index contributed by atoms with van der Waals surface area (Å²) < 4.78 is 0. The largest absolute Gasteiger partial charge is 0.334 e. The average molecular weight is 1200 g/mol. The predicted octanol–water partition coefficient (Wildman–Crippen LogP) is 22.0. The van der Waals surface area contributed by atoms with Crippen molar-refractivity contribution in [2.75, 3.05) is 14.7 Å². The molecule has 3 nitrogen and oxygen atoms in total. The highest BCUT2D eigenvalue weighted by Crippen LogP contribution is 2.64. The Labute approximate surface area is 548 Å². The van der Waals surface area contributed by atoms with Crippen LogP contribution in [0.5, 0.6) is 0 Å². The van der Waals surface area contributed by atoms with Crippen LogP contribution in [-0.4, -0.2) is 12.3 Å². The summed E-state index contributed by atoms with van der Waals surface area (Å²) in [5, 5.41) is 0. The summed E-state index contributed by atoms with van der Waals surface area (Å²) in [6, 6.07) is 57.7. The Morgan fingerprint density at radius 1 is 0.363 bits per heavy atom. The minimum Gasteiger partial charge on any atom is -0.334 e. The molecule has 7 aliphatic rings. The Morgan fingerprint density at radius 3 is 1.38 bits per heavy atom.